The molecule has 1 saturated carbocycles. The van der Waals surface area contributed by atoms with Crippen LogP contribution >= 0.6 is 11.3 Å². The fourth-order valence-electron chi connectivity index (χ4n) is 3.65. The highest BCUT2D eigenvalue weighted by molar-refractivity contribution is 7.12. The topological polar surface area (TPSA) is 101 Å². The first-order chi connectivity index (χ1) is 11.0. The highest BCUT2D eigenvalue weighted by Crippen LogP contribution is 2.42. The molecule has 0 radical (unpaired) electrons. The summed E-state index contributed by atoms with van der Waals surface area (Å²) in [4.78, 5) is 37.2. The molecule has 2 amide bonds. The molecule has 6 nitrogen and oxygen atoms in total. The lowest BCUT2D eigenvalue weighted by atomic mass is 9.96. The van der Waals surface area contributed by atoms with E-state index in [-0.39, 0.29) is 18.7 Å². The van der Waals surface area contributed by atoms with Gasteiger partial charge in [-0.25, -0.2) is 0 Å². The fourth-order valence-corrected chi connectivity index (χ4v) is 4.78. The number of thiophene rings is 1. The number of carboxylic acid groups (broad SMARTS) is 1. The van der Waals surface area contributed by atoms with Crippen molar-refractivity contribution in [1.29, 1.82) is 0 Å². The number of amides is 2. The number of carbonyl (C=O) groups is 3. The normalized spacial score (nSPS) is 19.1. The zero-order valence-corrected chi connectivity index (χ0v) is 13.6. The molecule has 3 N–H and O–H groups in total. The molecule has 1 aromatic rings. The Morgan fingerprint density at radius 2 is 2.09 bits per heavy atom. The summed E-state index contributed by atoms with van der Waals surface area (Å²) in [5, 5.41) is 10.9. The summed E-state index contributed by atoms with van der Waals surface area (Å²) in [6.07, 6.45) is 4.61. The van der Waals surface area contributed by atoms with Gasteiger partial charge in [0.05, 0.1) is 4.88 Å². The number of nitrogens with two attached hydrogens (primary N) is 1. The monoisotopic (exact) mass is 336 g/mol. The lowest BCUT2D eigenvalue weighted by Crippen LogP contribution is -2.45. The van der Waals surface area contributed by atoms with Crippen molar-refractivity contribution in [3.8, 4) is 0 Å². The zero-order valence-electron chi connectivity index (χ0n) is 12.8. The molecule has 2 aliphatic rings. The number of carbonyl (C=O) groups excluding carboxylic acids is 2. The van der Waals surface area contributed by atoms with Crippen LogP contribution < -0.4 is 5.73 Å². The van der Waals surface area contributed by atoms with E-state index in [2.05, 4.69) is 5.38 Å². The second kappa shape index (κ2) is 6.31. The van der Waals surface area contributed by atoms with Gasteiger partial charge in [0.25, 0.3) is 5.91 Å². The van der Waals surface area contributed by atoms with Gasteiger partial charge >= 0.3 is 5.97 Å². The van der Waals surface area contributed by atoms with Crippen molar-refractivity contribution in [3.05, 3.63) is 21.4 Å². The Bertz CT molecular complexity index is 649. The average molecular weight is 336 g/mol. The van der Waals surface area contributed by atoms with Crippen LogP contribution in [-0.2, 0) is 16.1 Å². The summed E-state index contributed by atoms with van der Waals surface area (Å²) in [6.45, 7) is 0.372. The molecule has 1 fully saturated rings. The van der Waals surface area contributed by atoms with Gasteiger partial charge in [0.15, 0.2) is 0 Å². The summed E-state index contributed by atoms with van der Waals surface area (Å²) < 4.78 is 0. The number of aliphatic carboxylic acids is 1. The Morgan fingerprint density at radius 3 is 2.70 bits per heavy atom. The predicted molar refractivity (Wildman–Crippen MR) is 85.3 cm³/mol. The van der Waals surface area contributed by atoms with E-state index in [1.807, 2.05) is 0 Å². The van der Waals surface area contributed by atoms with Crippen LogP contribution in [0.25, 0.3) is 0 Å². The van der Waals surface area contributed by atoms with Crippen molar-refractivity contribution in [2.75, 3.05) is 0 Å². The average Bonchev–Trinajstić information content (AvgIpc) is 3.18. The van der Waals surface area contributed by atoms with Gasteiger partial charge < -0.3 is 15.7 Å². The van der Waals surface area contributed by atoms with Crippen LogP contribution in [0.2, 0.25) is 0 Å². The maximum absolute atomic E-state index is 12.6. The summed E-state index contributed by atoms with van der Waals surface area (Å²) in [5.41, 5.74) is 7.66. The van der Waals surface area contributed by atoms with Crippen LogP contribution in [0.1, 0.15) is 65.2 Å². The maximum Gasteiger partial charge on any atom is 0.303 e. The number of fused-ring (bicyclic) bond motifs is 1. The first-order valence-corrected chi connectivity index (χ1v) is 8.79. The van der Waals surface area contributed by atoms with Gasteiger partial charge in [-0.2, -0.15) is 0 Å². The highest BCUT2D eigenvalue weighted by Gasteiger charge is 2.39. The van der Waals surface area contributed by atoms with Gasteiger partial charge in [0.2, 0.25) is 5.91 Å². The smallest absolute Gasteiger partial charge is 0.303 e. The fraction of sp³-hybridized carbons (Fsp3) is 0.562. The van der Waals surface area contributed by atoms with Crippen LogP contribution in [0, 0.1) is 0 Å². The third kappa shape index (κ3) is 2.97. The van der Waals surface area contributed by atoms with Crippen LogP contribution in [0.3, 0.4) is 0 Å². The number of hydrogen-bond acceptors (Lipinski definition) is 4. The summed E-state index contributed by atoms with van der Waals surface area (Å²) in [5.74, 6) is -1.32. The van der Waals surface area contributed by atoms with Crippen LogP contribution in [0.4, 0.5) is 0 Å². The second-order valence-corrected chi connectivity index (χ2v) is 7.14. The van der Waals surface area contributed by atoms with Crippen LogP contribution in [0.5, 0.6) is 0 Å². The number of primary amides is 1. The van der Waals surface area contributed by atoms with Crippen molar-refractivity contribution in [2.24, 2.45) is 5.73 Å². The van der Waals surface area contributed by atoms with Gasteiger partial charge in [-0.05, 0) is 41.7 Å². The first kappa shape index (κ1) is 16.0. The van der Waals surface area contributed by atoms with Gasteiger partial charge in [-0.1, -0.05) is 12.8 Å². The third-order valence-electron chi connectivity index (χ3n) is 4.84. The van der Waals surface area contributed by atoms with Gasteiger partial charge in [0.1, 0.15) is 6.04 Å². The molecule has 1 aromatic heterocycles. The van der Waals surface area contributed by atoms with E-state index in [1.54, 1.807) is 0 Å². The molecule has 0 saturated heterocycles. The maximum atomic E-state index is 12.6. The summed E-state index contributed by atoms with van der Waals surface area (Å²) in [7, 11) is 0. The molecule has 0 aromatic carbocycles. The minimum Gasteiger partial charge on any atom is -0.481 e. The van der Waals surface area contributed by atoms with E-state index >= 15 is 0 Å². The van der Waals surface area contributed by atoms with Crippen LogP contribution in [0.15, 0.2) is 5.38 Å². The van der Waals surface area contributed by atoms with Crippen LogP contribution in [-0.4, -0.2) is 33.8 Å². The first-order valence-electron chi connectivity index (χ1n) is 7.91. The minimum absolute atomic E-state index is 0.0596. The van der Waals surface area contributed by atoms with Gasteiger partial charge in [-0.15, -0.1) is 11.3 Å². The molecule has 7 heteroatoms. The molecular formula is C16H20N2O4S. The van der Waals surface area contributed by atoms with Crippen molar-refractivity contribution >= 4 is 29.1 Å². The number of carboxylic acids is 1. The minimum atomic E-state index is -0.996. The van der Waals surface area contributed by atoms with E-state index in [1.165, 1.54) is 34.6 Å². The Hall–Kier alpha value is -1.89. The van der Waals surface area contributed by atoms with Crippen molar-refractivity contribution in [1.82, 2.24) is 4.90 Å². The van der Waals surface area contributed by atoms with Gasteiger partial charge in [-0.3, -0.25) is 14.4 Å². The quantitative estimate of drug-likeness (QED) is 0.830. The largest absolute Gasteiger partial charge is 0.481 e. The zero-order chi connectivity index (χ0) is 16.6. The molecular weight excluding hydrogens is 316 g/mol. The molecule has 1 unspecified atom stereocenters. The summed E-state index contributed by atoms with van der Waals surface area (Å²) >= 11 is 1.43. The highest BCUT2D eigenvalue weighted by atomic mass is 32.1. The Balaban J connectivity index is 1.81. The lowest BCUT2D eigenvalue weighted by Gasteiger charge is -2.25. The molecule has 0 bridgehead atoms. The Labute approximate surface area is 138 Å². The van der Waals surface area contributed by atoms with E-state index in [0.29, 0.717) is 17.3 Å². The molecule has 124 valence electrons. The molecule has 1 aliphatic heterocycles. The van der Waals surface area contributed by atoms with Crippen molar-refractivity contribution in [2.45, 2.75) is 57.0 Å². The number of rotatable bonds is 6. The van der Waals surface area contributed by atoms with E-state index < -0.39 is 17.9 Å². The lowest BCUT2D eigenvalue weighted by molar-refractivity contribution is -0.137. The standard InChI is InChI=1S/C16H20N2O4S/c17-15(21)12(5-6-13(19)20)18-7-10-11(9-3-1-2-4-9)8-23-14(10)16(18)22/h8-9,12H,1-7H2,(H2,17,21)(H,19,20). The Morgan fingerprint density at radius 1 is 1.39 bits per heavy atom. The number of nitrogens with zero attached hydrogens (tertiary/aromatic N) is 1. The molecule has 2 heterocycles. The third-order valence-corrected chi connectivity index (χ3v) is 5.87. The SMILES string of the molecule is NC(=O)C(CCC(=O)O)N1Cc2c(C3CCCC3)csc2C1=O. The Kier molecular flexibility index (Phi) is 4.39. The summed E-state index contributed by atoms with van der Waals surface area (Å²) in [6, 6.07) is -0.852. The van der Waals surface area contributed by atoms with Crippen molar-refractivity contribution in [3.63, 3.8) is 0 Å². The molecule has 0 spiro atoms. The predicted octanol–water partition coefficient (Wildman–Crippen LogP) is 2.08. The van der Waals surface area contributed by atoms with E-state index in [4.69, 9.17) is 10.8 Å². The molecule has 3 rings (SSSR count). The second-order valence-electron chi connectivity index (χ2n) is 6.26. The van der Waals surface area contributed by atoms with E-state index in [9.17, 15) is 14.4 Å². The molecule has 1 aliphatic carbocycles. The van der Waals surface area contributed by atoms with E-state index in [0.717, 1.165) is 18.4 Å². The molecule has 23 heavy (non-hydrogen) atoms. The number of hydrogen-bond donors (Lipinski definition) is 2. The van der Waals surface area contributed by atoms with Gasteiger partial charge in [0, 0.05) is 13.0 Å². The molecule has 1 atom stereocenters. The van der Waals surface area contributed by atoms with Crippen molar-refractivity contribution < 1.29 is 19.5 Å².